The molecule has 0 amide bonds. The fourth-order valence-corrected chi connectivity index (χ4v) is 1.65. The molecule has 0 radical (unpaired) electrons. The summed E-state index contributed by atoms with van der Waals surface area (Å²) in [5.74, 6) is -0.120. The second-order valence-electron chi connectivity index (χ2n) is 3.58. The van der Waals surface area contributed by atoms with Gasteiger partial charge >= 0.3 is 0 Å². The summed E-state index contributed by atoms with van der Waals surface area (Å²) in [7, 11) is 0. The van der Waals surface area contributed by atoms with Gasteiger partial charge in [0.25, 0.3) is 0 Å². The molecule has 0 aliphatic heterocycles. The zero-order valence-corrected chi connectivity index (χ0v) is 9.65. The first kappa shape index (κ1) is 11.6. The molecule has 0 heterocycles. The summed E-state index contributed by atoms with van der Waals surface area (Å²) in [5, 5.41) is 0.586. The molecule has 2 rings (SSSR count). The van der Waals surface area contributed by atoms with Crippen LogP contribution in [0.4, 0.5) is 0 Å². The quantitative estimate of drug-likeness (QED) is 0.613. The molecule has 0 aliphatic rings. The molecule has 0 aliphatic carbocycles. The van der Waals surface area contributed by atoms with Gasteiger partial charge < -0.3 is 0 Å². The number of ketones is 1. The molecular formula is C14H9ClO2. The lowest BCUT2D eigenvalue weighted by Crippen LogP contribution is -2.01. The monoisotopic (exact) mass is 244 g/mol. The largest absolute Gasteiger partial charge is 0.298 e. The number of carbonyl (C=O) groups is 2. The Bertz CT molecular complexity index is 559. The van der Waals surface area contributed by atoms with E-state index in [1.807, 2.05) is 0 Å². The standard InChI is InChI=1S/C14H9ClO2/c15-13-6-4-11(5-7-13)14(17)12-3-1-2-10(8-12)9-16/h1-9H. The van der Waals surface area contributed by atoms with Crippen LogP contribution in [0.2, 0.25) is 5.02 Å². The Morgan fingerprint density at radius 2 is 1.71 bits per heavy atom. The summed E-state index contributed by atoms with van der Waals surface area (Å²) in [4.78, 5) is 22.7. The zero-order chi connectivity index (χ0) is 12.3. The van der Waals surface area contributed by atoms with Crippen LogP contribution in [0.5, 0.6) is 0 Å². The summed E-state index contributed by atoms with van der Waals surface area (Å²) in [6.45, 7) is 0. The topological polar surface area (TPSA) is 34.1 Å². The summed E-state index contributed by atoms with van der Waals surface area (Å²) in [6.07, 6.45) is 0.721. The molecule has 0 bridgehead atoms. The van der Waals surface area contributed by atoms with Crippen molar-refractivity contribution in [1.82, 2.24) is 0 Å². The van der Waals surface area contributed by atoms with Crippen LogP contribution < -0.4 is 0 Å². The average Bonchev–Trinajstić information content (AvgIpc) is 2.39. The summed E-state index contributed by atoms with van der Waals surface area (Å²) in [6, 6.07) is 13.3. The highest BCUT2D eigenvalue weighted by Gasteiger charge is 2.08. The molecule has 0 saturated heterocycles. The van der Waals surface area contributed by atoms with Crippen molar-refractivity contribution in [3.05, 3.63) is 70.2 Å². The molecule has 2 aromatic rings. The Kier molecular flexibility index (Phi) is 3.35. The van der Waals surface area contributed by atoms with E-state index >= 15 is 0 Å². The SMILES string of the molecule is O=Cc1cccc(C(=O)c2ccc(Cl)cc2)c1. The van der Waals surface area contributed by atoms with Crippen LogP contribution in [0.3, 0.4) is 0 Å². The van der Waals surface area contributed by atoms with Gasteiger partial charge in [-0.1, -0.05) is 29.8 Å². The molecule has 0 aromatic heterocycles. The number of benzene rings is 2. The van der Waals surface area contributed by atoms with E-state index in [0.717, 1.165) is 6.29 Å². The van der Waals surface area contributed by atoms with E-state index in [9.17, 15) is 9.59 Å². The lowest BCUT2D eigenvalue weighted by atomic mass is 10.0. The first-order chi connectivity index (χ1) is 8.20. The first-order valence-electron chi connectivity index (χ1n) is 5.06. The third-order valence-electron chi connectivity index (χ3n) is 2.39. The number of carbonyl (C=O) groups excluding carboxylic acids is 2. The molecule has 0 N–H and O–H groups in total. The smallest absolute Gasteiger partial charge is 0.193 e. The Morgan fingerprint density at radius 1 is 1.00 bits per heavy atom. The highest BCUT2D eigenvalue weighted by atomic mass is 35.5. The van der Waals surface area contributed by atoms with Gasteiger partial charge in [0.1, 0.15) is 6.29 Å². The minimum Gasteiger partial charge on any atom is -0.298 e. The zero-order valence-electron chi connectivity index (χ0n) is 8.89. The minimum absolute atomic E-state index is 0.120. The average molecular weight is 245 g/mol. The third-order valence-corrected chi connectivity index (χ3v) is 2.64. The van der Waals surface area contributed by atoms with E-state index in [-0.39, 0.29) is 5.78 Å². The number of halogens is 1. The summed E-state index contributed by atoms with van der Waals surface area (Å²) < 4.78 is 0. The van der Waals surface area contributed by atoms with Gasteiger partial charge in [0.05, 0.1) is 0 Å². The van der Waals surface area contributed by atoms with Gasteiger partial charge in [0.2, 0.25) is 0 Å². The number of hydrogen-bond acceptors (Lipinski definition) is 2. The van der Waals surface area contributed by atoms with E-state index in [2.05, 4.69) is 0 Å². The number of hydrogen-bond donors (Lipinski definition) is 0. The van der Waals surface area contributed by atoms with Crippen molar-refractivity contribution in [1.29, 1.82) is 0 Å². The Labute approximate surface area is 104 Å². The molecule has 0 spiro atoms. The van der Waals surface area contributed by atoms with Crippen LogP contribution in [0.25, 0.3) is 0 Å². The Hall–Kier alpha value is -1.93. The van der Waals surface area contributed by atoms with Gasteiger partial charge in [-0.2, -0.15) is 0 Å². The summed E-state index contributed by atoms with van der Waals surface area (Å²) in [5.41, 5.74) is 1.54. The van der Waals surface area contributed by atoms with E-state index in [1.54, 1.807) is 48.5 Å². The Morgan fingerprint density at radius 3 is 2.35 bits per heavy atom. The maximum atomic E-state index is 12.1. The fourth-order valence-electron chi connectivity index (χ4n) is 1.52. The lowest BCUT2D eigenvalue weighted by Gasteiger charge is -2.01. The second-order valence-corrected chi connectivity index (χ2v) is 4.02. The highest BCUT2D eigenvalue weighted by Crippen LogP contribution is 2.14. The van der Waals surface area contributed by atoms with Gasteiger partial charge in [-0.15, -0.1) is 0 Å². The maximum absolute atomic E-state index is 12.1. The molecular weight excluding hydrogens is 236 g/mol. The Balaban J connectivity index is 2.36. The van der Waals surface area contributed by atoms with Crippen molar-refractivity contribution >= 4 is 23.7 Å². The van der Waals surface area contributed by atoms with Crippen LogP contribution in [-0.2, 0) is 0 Å². The molecule has 84 valence electrons. The van der Waals surface area contributed by atoms with Crippen LogP contribution in [0.15, 0.2) is 48.5 Å². The van der Waals surface area contributed by atoms with Crippen molar-refractivity contribution in [2.75, 3.05) is 0 Å². The molecule has 0 saturated carbocycles. The van der Waals surface area contributed by atoms with Gasteiger partial charge in [0.15, 0.2) is 5.78 Å². The third kappa shape index (κ3) is 2.60. The van der Waals surface area contributed by atoms with Crippen molar-refractivity contribution in [2.24, 2.45) is 0 Å². The molecule has 17 heavy (non-hydrogen) atoms. The predicted molar refractivity (Wildman–Crippen MR) is 66.7 cm³/mol. The van der Waals surface area contributed by atoms with Crippen LogP contribution in [-0.4, -0.2) is 12.1 Å². The fraction of sp³-hybridized carbons (Fsp3) is 0. The van der Waals surface area contributed by atoms with Crippen LogP contribution in [0.1, 0.15) is 26.3 Å². The minimum atomic E-state index is -0.120. The number of rotatable bonds is 3. The van der Waals surface area contributed by atoms with Crippen LogP contribution >= 0.6 is 11.6 Å². The van der Waals surface area contributed by atoms with E-state index in [1.165, 1.54) is 0 Å². The molecule has 2 aromatic carbocycles. The molecule has 3 heteroatoms. The van der Waals surface area contributed by atoms with Crippen molar-refractivity contribution < 1.29 is 9.59 Å². The predicted octanol–water partition coefficient (Wildman–Crippen LogP) is 3.38. The van der Waals surface area contributed by atoms with Gasteiger partial charge in [-0.3, -0.25) is 9.59 Å². The number of aldehydes is 1. The van der Waals surface area contributed by atoms with Gasteiger partial charge in [0, 0.05) is 21.7 Å². The molecule has 0 unspecified atom stereocenters. The lowest BCUT2D eigenvalue weighted by molar-refractivity contribution is 0.103. The van der Waals surface area contributed by atoms with Crippen molar-refractivity contribution in [3.63, 3.8) is 0 Å². The molecule has 0 atom stereocenters. The summed E-state index contributed by atoms with van der Waals surface area (Å²) >= 11 is 5.75. The van der Waals surface area contributed by atoms with Crippen molar-refractivity contribution in [3.8, 4) is 0 Å². The van der Waals surface area contributed by atoms with E-state index < -0.39 is 0 Å². The van der Waals surface area contributed by atoms with E-state index in [4.69, 9.17) is 11.6 Å². The first-order valence-corrected chi connectivity index (χ1v) is 5.44. The van der Waals surface area contributed by atoms with Gasteiger partial charge in [-0.05, 0) is 30.3 Å². The highest BCUT2D eigenvalue weighted by molar-refractivity contribution is 6.30. The van der Waals surface area contributed by atoms with E-state index in [0.29, 0.717) is 21.7 Å². The molecule has 2 nitrogen and oxygen atoms in total. The van der Waals surface area contributed by atoms with Crippen molar-refractivity contribution in [2.45, 2.75) is 0 Å². The van der Waals surface area contributed by atoms with Crippen LogP contribution in [0, 0.1) is 0 Å². The second kappa shape index (κ2) is 4.93. The normalized spacial score (nSPS) is 9.94. The maximum Gasteiger partial charge on any atom is 0.193 e. The molecule has 0 fully saturated rings. The van der Waals surface area contributed by atoms with Gasteiger partial charge in [-0.25, -0.2) is 0 Å².